The molecule has 2 aromatic carbocycles. The van der Waals surface area contributed by atoms with Crippen molar-refractivity contribution in [2.24, 2.45) is 5.73 Å². The molecule has 4 N–H and O–H groups in total. The number of carbonyl (C=O) groups is 3. The smallest absolute Gasteiger partial charge is 0.354 e. The maximum Gasteiger partial charge on any atom is 0.354 e. The van der Waals surface area contributed by atoms with Gasteiger partial charge in [0.15, 0.2) is 11.3 Å². The average molecular weight is 524 g/mol. The normalized spacial score (nSPS) is 11.0. The molecule has 0 aliphatic heterocycles. The first-order valence-corrected chi connectivity index (χ1v) is 11.2. The van der Waals surface area contributed by atoms with E-state index < -0.39 is 11.9 Å². The maximum atomic E-state index is 13.2. The summed E-state index contributed by atoms with van der Waals surface area (Å²) in [6.07, 6.45) is 1.40. The summed E-state index contributed by atoms with van der Waals surface area (Å²) in [6, 6.07) is 14.3. The number of carbonyl (C=O) groups excluding carboxylic acids is 2. The minimum atomic E-state index is -1.21. The number of aryl methyl sites for hydroxylation is 1. The number of halogens is 1. The molecule has 1 amide bonds. The third-order valence-electron chi connectivity index (χ3n) is 5.34. The van der Waals surface area contributed by atoms with Crippen molar-refractivity contribution in [3.63, 3.8) is 0 Å². The molecular formula is C27H30FN5O5. The number of benzene rings is 2. The van der Waals surface area contributed by atoms with Crippen molar-refractivity contribution in [2.75, 3.05) is 7.11 Å². The number of ether oxygens (including phenoxy) is 1. The van der Waals surface area contributed by atoms with Gasteiger partial charge in [0, 0.05) is 24.7 Å². The average Bonchev–Trinajstić information content (AvgIpc) is 3.37. The Hall–Kier alpha value is -4.64. The van der Waals surface area contributed by atoms with Crippen molar-refractivity contribution in [2.45, 2.75) is 33.9 Å². The zero-order chi connectivity index (χ0) is 27.1. The number of nitrogens with two attached hydrogens (primary N) is 1. The van der Waals surface area contributed by atoms with Crippen molar-refractivity contribution >= 4 is 23.5 Å². The number of nitrogens with zero attached hydrogens (tertiary/aromatic N) is 3. The van der Waals surface area contributed by atoms with Gasteiger partial charge in [0.25, 0.3) is 5.91 Å². The van der Waals surface area contributed by atoms with Gasteiger partial charge in [0.2, 0.25) is 0 Å². The highest BCUT2D eigenvalue weighted by atomic mass is 19.1. The fourth-order valence-corrected chi connectivity index (χ4v) is 3.31. The molecule has 1 atom stereocenters. The van der Waals surface area contributed by atoms with Crippen LogP contribution < -0.4 is 11.1 Å². The van der Waals surface area contributed by atoms with Crippen molar-refractivity contribution in [3.8, 4) is 0 Å². The molecule has 0 saturated heterocycles. The van der Waals surface area contributed by atoms with Gasteiger partial charge in [-0.25, -0.2) is 23.5 Å². The summed E-state index contributed by atoms with van der Waals surface area (Å²) in [4.78, 5) is 38.6. The van der Waals surface area contributed by atoms with Crippen LogP contribution in [0.4, 0.5) is 4.39 Å². The Morgan fingerprint density at radius 3 is 2.39 bits per heavy atom. The molecule has 0 radical (unpaired) electrons. The lowest BCUT2D eigenvalue weighted by Gasteiger charge is -2.08. The standard InChI is InChI=1S/C16H13FN4O3.C10H13NO2.CH4/c1-9-6-10(2-3-11(9)17)8-18-15(22)12-7-13(16(23)24)21-14(20-12)4-5-19-21;1-7(11)8-3-5-9(6-4-8)10(12)13-2;/h2-7H,8H2,1H3,(H,18,22)(H,23,24);3-7H,11H2,1-2H3;1H4/t;7-;/m.0./s1. The van der Waals surface area contributed by atoms with Crippen molar-refractivity contribution < 1.29 is 28.6 Å². The number of esters is 1. The number of hydrogen-bond donors (Lipinski definition) is 3. The highest BCUT2D eigenvalue weighted by Crippen LogP contribution is 2.12. The van der Waals surface area contributed by atoms with Gasteiger partial charge < -0.3 is 20.9 Å². The second kappa shape index (κ2) is 13.1. The Morgan fingerprint density at radius 2 is 1.82 bits per heavy atom. The molecule has 2 heterocycles. The number of carboxylic acid groups (broad SMARTS) is 1. The highest BCUT2D eigenvalue weighted by molar-refractivity contribution is 5.96. The van der Waals surface area contributed by atoms with Gasteiger partial charge in [-0.2, -0.15) is 5.10 Å². The molecule has 0 saturated carbocycles. The van der Waals surface area contributed by atoms with Crippen LogP contribution in [0.1, 0.15) is 68.4 Å². The molecular weight excluding hydrogens is 493 g/mol. The SMILES string of the molecule is C.COC(=O)c1ccc([C@H](C)N)cc1.Cc1cc(CNC(=O)c2cc(C(=O)O)n3nccc3n2)ccc1F. The zero-order valence-electron chi connectivity index (χ0n) is 20.4. The summed E-state index contributed by atoms with van der Waals surface area (Å²) in [6.45, 7) is 3.70. The number of hydrogen-bond acceptors (Lipinski definition) is 7. The number of fused-ring (bicyclic) bond motifs is 1. The van der Waals surface area contributed by atoms with Crippen molar-refractivity contribution in [3.05, 3.63) is 100 Å². The third kappa shape index (κ3) is 7.20. The predicted molar refractivity (Wildman–Crippen MR) is 139 cm³/mol. The topological polar surface area (TPSA) is 149 Å². The van der Waals surface area contributed by atoms with Crippen LogP contribution in [0.2, 0.25) is 0 Å². The molecule has 0 fully saturated rings. The van der Waals surface area contributed by atoms with E-state index in [9.17, 15) is 23.9 Å². The maximum absolute atomic E-state index is 13.2. The van der Waals surface area contributed by atoms with Gasteiger partial charge in [0.1, 0.15) is 11.5 Å². The van der Waals surface area contributed by atoms with Crippen LogP contribution in [0.5, 0.6) is 0 Å². The Morgan fingerprint density at radius 1 is 1.13 bits per heavy atom. The van der Waals surface area contributed by atoms with Crippen LogP contribution in [-0.2, 0) is 11.3 Å². The second-order valence-corrected chi connectivity index (χ2v) is 8.10. The van der Waals surface area contributed by atoms with E-state index >= 15 is 0 Å². The van der Waals surface area contributed by atoms with E-state index in [1.165, 1.54) is 25.4 Å². The summed E-state index contributed by atoms with van der Waals surface area (Å²) in [7, 11) is 1.36. The van der Waals surface area contributed by atoms with Gasteiger partial charge in [-0.05, 0) is 48.7 Å². The van der Waals surface area contributed by atoms with Crippen LogP contribution in [0, 0.1) is 12.7 Å². The number of aromatic carboxylic acids is 1. The first kappa shape index (κ1) is 29.6. The molecule has 10 nitrogen and oxygen atoms in total. The van der Waals surface area contributed by atoms with E-state index in [1.807, 2.05) is 19.1 Å². The second-order valence-electron chi connectivity index (χ2n) is 8.10. The van der Waals surface area contributed by atoms with Crippen LogP contribution in [0.3, 0.4) is 0 Å². The molecule has 0 bridgehead atoms. The Balaban J connectivity index is 0.000000309. The third-order valence-corrected chi connectivity index (χ3v) is 5.34. The zero-order valence-corrected chi connectivity index (χ0v) is 20.4. The van der Waals surface area contributed by atoms with Crippen molar-refractivity contribution in [1.82, 2.24) is 19.9 Å². The number of aromatic nitrogens is 3. The minimum Gasteiger partial charge on any atom is -0.477 e. The molecule has 2 aromatic heterocycles. The van der Waals surface area contributed by atoms with Crippen LogP contribution in [-0.4, -0.2) is 44.7 Å². The quantitative estimate of drug-likeness (QED) is 0.322. The molecule has 0 spiro atoms. The van der Waals surface area contributed by atoms with Gasteiger partial charge in [-0.3, -0.25) is 4.79 Å². The fraction of sp³-hybridized carbons (Fsp3) is 0.222. The van der Waals surface area contributed by atoms with Gasteiger partial charge in [-0.1, -0.05) is 31.7 Å². The Bertz CT molecular complexity index is 1430. The monoisotopic (exact) mass is 523 g/mol. The van der Waals surface area contributed by atoms with E-state index in [2.05, 4.69) is 20.1 Å². The minimum absolute atomic E-state index is 0. The molecule has 4 aromatic rings. The molecule has 38 heavy (non-hydrogen) atoms. The van der Waals surface area contributed by atoms with E-state index in [1.54, 1.807) is 31.2 Å². The summed E-state index contributed by atoms with van der Waals surface area (Å²) in [5.74, 6) is -2.38. The van der Waals surface area contributed by atoms with E-state index in [-0.39, 0.29) is 48.8 Å². The molecule has 0 unspecified atom stereocenters. The summed E-state index contributed by atoms with van der Waals surface area (Å²) in [5.41, 5.74) is 8.49. The molecule has 11 heteroatoms. The number of methoxy groups -OCH3 is 1. The summed E-state index contributed by atoms with van der Waals surface area (Å²) < 4.78 is 18.9. The lowest BCUT2D eigenvalue weighted by atomic mass is 10.1. The number of amides is 1. The summed E-state index contributed by atoms with van der Waals surface area (Å²) >= 11 is 0. The van der Waals surface area contributed by atoms with Gasteiger partial charge >= 0.3 is 11.9 Å². The largest absolute Gasteiger partial charge is 0.477 e. The number of nitrogens with one attached hydrogen (secondary N) is 1. The van der Waals surface area contributed by atoms with Crippen LogP contribution >= 0.6 is 0 Å². The van der Waals surface area contributed by atoms with E-state index in [4.69, 9.17) is 5.73 Å². The first-order chi connectivity index (χ1) is 17.6. The van der Waals surface area contributed by atoms with Crippen LogP contribution in [0.25, 0.3) is 5.65 Å². The Labute approximate surface area is 219 Å². The van der Waals surface area contributed by atoms with E-state index in [0.29, 0.717) is 11.1 Å². The Kier molecular flexibility index (Phi) is 10.2. The molecule has 4 rings (SSSR count). The van der Waals surface area contributed by atoms with E-state index in [0.717, 1.165) is 21.7 Å². The molecule has 0 aliphatic rings. The molecule has 200 valence electrons. The lowest BCUT2D eigenvalue weighted by molar-refractivity contribution is 0.0599. The lowest BCUT2D eigenvalue weighted by Crippen LogP contribution is -2.25. The van der Waals surface area contributed by atoms with Gasteiger partial charge in [-0.15, -0.1) is 0 Å². The first-order valence-electron chi connectivity index (χ1n) is 11.2. The van der Waals surface area contributed by atoms with Crippen molar-refractivity contribution in [1.29, 1.82) is 0 Å². The summed E-state index contributed by atoms with van der Waals surface area (Å²) in [5, 5.41) is 15.7. The molecule has 0 aliphatic carbocycles. The fourth-order valence-electron chi connectivity index (χ4n) is 3.31. The number of carboxylic acids is 1. The van der Waals surface area contributed by atoms with Gasteiger partial charge in [0.05, 0.1) is 18.9 Å². The van der Waals surface area contributed by atoms with Crippen LogP contribution in [0.15, 0.2) is 60.8 Å². The number of rotatable bonds is 6. The highest BCUT2D eigenvalue weighted by Gasteiger charge is 2.16. The predicted octanol–water partition coefficient (Wildman–Crippen LogP) is 3.93.